The van der Waals surface area contributed by atoms with Gasteiger partial charge < -0.3 is 24.7 Å². The largest absolute Gasteiger partial charge is 0.497 e. The van der Waals surface area contributed by atoms with E-state index in [0.717, 1.165) is 48.8 Å². The molecule has 1 saturated heterocycles. The van der Waals surface area contributed by atoms with Gasteiger partial charge >= 0.3 is 0 Å². The average molecular weight is 499 g/mol. The molecular weight excluding hydrogens is 464 g/mol. The van der Waals surface area contributed by atoms with Gasteiger partial charge in [-0.05, 0) is 53.6 Å². The third kappa shape index (κ3) is 5.73. The molecule has 192 valence electrons. The van der Waals surface area contributed by atoms with Crippen molar-refractivity contribution in [1.29, 1.82) is 0 Å². The van der Waals surface area contributed by atoms with E-state index in [0.29, 0.717) is 13.1 Å². The monoisotopic (exact) mass is 498 g/mol. The van der Waals surface area contributed by atoms with Crippen molar-refractivity contribution in [3.8, 4) is 11.5 Å². The van der Waals surface area contributed by atoms with E-state index < -0.39 is 0 Å². The van der Waals surface area contributed by atoms with Crippen LogP contribution in [0.3, 0.4) is 0 Å². The standard InChI is InChI=1S/C30H34N4O3/c1-36-24-11-7-22(8-12-24)27(28-20-31-29-6-4-3-5-26(28)29)19-32-30(35)21-33-15-17-34(18-16-33)23-9-13-25(37-2)14-10-23/h3-14,20,27,31H,15-19,21H2,1-2H3,(H,32,35). The highest BCUT2D eigenvalue weighted by atomic mass is 16.5. The zero-order chi connectivity index (χ0) is 25.6. The van der Waals surface area contributed by atoms with E-state index in [-0.39, 0.29) is 11.8 Å². The molecule has 1 fully saturated rings. The fraction of sp³-hybridized carbons (Fsp3) is 0.300. The van der Waals surface area contributed by atoms with E-state index in [4.69, 9.17) is 9.47 Å². The van der Waals surface area contributed by atoms with Crippen LogP contribution in [0.2, 0.25) is 0 Å². The Morgan fingerprint density at radius 3 is 2.22 bits per heavy atom. The number of methoxy groups -OCH3 is 2. The molecule has 7 nitrogen and oxygen atoms in total. The number of nitrogens with one attached hydrogen (secondary N) is 2. The number of aromatic amines is 1. The van der Waals surface area contributed by atoms with Crippen molar-refractivity contribution >= 4 is 22.5 Å². The minimum absolute atomic E-state index is 0.0259. The summed E-state index contributed by atoms with van der Waals surface area (Å²) in [6, 6.07) is 24.5. The molecule has 1 unspecified atom stereocenters. The molecule has 2 heterocycles. The highest BCUT2D eigenvalue weighted by molar-refractivity contribution is 5.84. The number of nitrogens with zero attached hydrogens (tertiary/aromatic N) is 2. The number of ether oxygens (including phenoxy) is 2. The summed E-state index contributed by atoms with van der Waals surface area (Å²) in [4.78, 5) is 21.0. The van der Waals surface area contributed by atoms with Crippen molar-refractivity contribution in [3.63, 3.8) is 0 Å². The second-order valence-electron chi connectivity index (χ2n) is 9.38. The highest BCUT2D eigenvalue weighted by Gasteiger charge is 2.22. The Bertz CT molecular complexity index is 1310. The van der Waals surface area contributed by atoms with Gasteiger partial charge in [0.2, 0.25) is 5.91 Å². The molecular formula is C30H34N4O3. The molecule has 37 heavy (non-hydrogen) atoms. The van der Waals surface area contributed by atoms with Crippen LogP contribution < -0.4 is 19.7 Å². The third-order valence-corrected chi connectivity index (χ3v) is 7.20. The quantitative estimate of drug-likeness (QED) is 0.361. The van der Waals surface area contributed by atoms with E-state index in [1.807, 2.05) is 30.3 Å². The summed E-state index contributed by atoms with van der Waals surface area (Å²) >= 11 is 0. The van der Waals surface area contributed by atoms with Crippen molar-refractivity contribution in [2.75, 3.05) is 58.4 Å². The van der Waals surface area contributed by atoms with Gasteiger partial charge in [-0.15, -0.1) is 0 Å². The van der Waals surface area contributed by atoms with Crippen LogP contribution in [0.1, 0.15) is 17.0 Å². The fourth-order valence-electron chi connectivity index (χ4n) is 5.06. The minimum atomic E-state index is 0.0259. The number of piperazine rings is 1. The third-order valence-electron chi connectivity index (χ3n) is 7.20. The van der Waals surface area contributed by atoms with Crippen molar-refractivity contribution in [3.05, 3.63) is 90.1 Å². The van der Waals surface area contributed by atoms with Gasteiger partial charge in [-0.1, -0.05) is 30.3 Å². The van der Waals surface area contributed by atoms with Gasteiger partial charge in [0, 0.05) is 61.4 Å². The molecule has 3 aromatic carbocycles. The zero-order valence-electron chi connectivity index (χ0n) is 21.4. The number of fused-ring (bicyclic) bond motifs is 1. The Morgan fingerprint density at radius 1 is 0.892 bits per heavy atom. The first-order chi connectivity index (χ1) is 18.1. The van der Waals surface area contributed by atoms with E-state index in [1.165, 1.54) is 16.6 Å². The van der Waals surface area contributed by atoms with Crippen LogP contribution in [0.25, 0.3) is 10.9 Å². The predicted molar refractivity (Wildman–Crippen MR) is 148 cm³/mol. The number of para-hydroxylation sites is 1. The van der Waals surface area contributed by atoms with Crippen LogP contribution in [0.5, 0.6) is 11.5 Å². The number of amides is 1. The van der Waals surface area contributed by atoms with Crippen LogP contribution in [0, 0.1) is 0 Å². The first kappa shape index (κ1) is 24.7. The number of hydrogen-bond donors (Lipinski definition) is 2. The zero-order valence-corrected chi connectivity index (χ0v) is 21.4. The first-order valence-electron chi connectivity index (χ1n) is 12.7. The Labute approximate surface area is 218 Å². The van der Waals surface area contributed by atoms with Crippen LogP contribution in [0.15, 0.2) is 79.0 Å². The molecule has 7 heteroatoms. The maximum atomic E-state index is 13.0. The van der Waals surface area contributed by atoms with Gasteiger partial charge in [0.1, 0.15) is 11.5 Å². The van der Waals surface area contributed by atoms with E-state index in [1.54, 1.807) is 14.2 Å². The maximum Gasteiger partial charge on any atom is 0.234 e. The fourth-order valence-corrected chi connectivity index (χ4v) is 5.06. The number of carbonyl (C=O) groups excluding carboxylic acids is 1. The lowest BCUT2D eigenvalue weighted by atomic mass is 9.90. The summed E-state index contributed by atoms with van der Waals surface area (Å²) < 4.78 is 10.6. The lowest BCUT2D eigenvalue weighted by Gasteiger charge is -2.35. The number of carbonyl (C=O) groups is 1. The van der Waals surface area contributed by atoms with Gasteiger partial charge in [0.25, 0.3) is 0 Å². The van der Waals surface area contributed by atoms with Gasteiger partial charge in [-0.2, -0.15) is 0 Å². The van der Waals surface area contributed by atoms with Gasteiger partial charge in [0.05, 0.1) is 20.8 Å². The minimum Gasteiger partial charge on any atom is -0.497 e. The predicted octanol–water partition coefficient (Wildman–Crippen LogP) is 4.26. The average Bonchev–Trinajstić information content (AvgIpc) is 3.38. The smallest absolute Gasteiger partial charge is 0.234 e. The maximum absolute atomic E-state index is 13.0. The van der Waals surface area contributed by atoms with Crippen LogP contribution in [0.4, 0.5) is 5.69 Å². The molecule has 0 radical (unpaired) electrons. The summed E-state index contributed by atoms with van der Waals surface area (Å²) in [6.45, 7) is 4.42. The summed E-state index contributed by atoms with van der Waals surface area (Å²) in [6.07, 6.45) is 2.06. The van der Waals surface area contributed by atoms with Crippen molar-refractivity contribution < 1.29 is 14.3 Å². The Morgan fingerprint density at radius 2 is 1.54 bits per heavy atom. The van der Waals surface area contributed by atoms with Crippen LogP contribution in [-0.2, 0) is 4.79 Å². The van der Waals surface area contributed by atoms with Gasteiger partial charge in [-0.3, -0.25) is 9.69 Å². The lowest BCUT2D eigenvalue weighted by molar-refractivity contribution is -0.122. The normalized spacial score (nSPS) is 14.9. The van der Waals surface area contributed by atoms with E-state index in [9.17, 15) is 4.79 Å². The molecule has 0 saturated carbocycles. The molecule has 1 amide bonds. The van der Waals surface area contributed by atoms with Crippen LogP contribution in [-0.4, -0.2) is 69.3 Å². The van der Waals surface area contributed by atoms with Crippen molar-refractivity contribution in [2.45, 2.75) is 5.92 Å². The van der Waals surface area contributed by atoms with Gasteiger partial charge in [0.15, 0.2) is 0 Å². The van der Waals surface area contributed by atoms with Crippen molar-refractivity contribution in [2.24, 2.45) is 0 Å². The van der Waals surface area contributed by atoms with Crippen molar-refractivity contribution in [1.82, 2.24) is 15.2 Å². The van der Waals surface area contributed by atoms with E-state index >= 15 is 0 Å². The number of H-pyrrole nitrogens is 1. The molecule has 1 aromatic heterocycles. The number of anilines is 1. The lowest BCUT2D eigenvalue weighted by Crippen LogP contribution is -2.49. The number of aromatic nitrogens is 1. The topological polar surface area (TPSA) is 69.8 Å². The molecule has 0 spiro atoms. The SMILES string of the molecule is COc1ccc(C(CNC(=O)CN2CCN(c3ccc(OC)cc3)CC2)c2c[nH]c3ccccc23)cc1. The molecule has 1 atom stereocenters. The molecule has 0 aliphatic carbocycles. The molecule has 4 aromatic rings. The Kier molecular flexibility index (Phi) is 7.61. The van der Waals surface area contributed by atoms with Crippen LogP contribution >= 0.6 is 0 Å². The first-order valence-corrected chi connectivity index (χ1v) is 12.7. The molecule has 1 aliphatic rings. The summed E-state index contributed by atoms with van der Waals surface area (Å²) in [5.41, 5.74) is 4.59. The molecule has 1 aliphatic heterocycles. The second kappa shape index (κ2) is 11.4. The number of benzene rings is 3. The Hall–Kier alpha value is -3.97. The summed E-state index contributed by atoms with van der Waals surface area (Å²) in [7, 11) is 3.35. The Balaban J connectivity index is 1.21. The summed E-state index contributed by atoms with van der Waals surface area (Å²) in [5, 5.41) is 4.39. The molecule has 0 bridgehead atoms. The summed E-state index contributed by atoms with van der Waals surface area (Å²) in [5.74, 6) is 1.76. The number of hydrogen-bond acceptors (Lipinski definition) is 5. The highest BCUT2D eigenvalue weighted by Crippen LogP contribution is 2.31. The molecule has 2 N–H and O–H groups in total. The van der Waals surface area contributed by atoms with E-state index in [2.05, 4.69) is 68.8 Å². The number of rotatable bonds is 9. The molecule has 5 rings (SSSR count). The second-order valence-corrected chi connectivity index (χ2v) is 9.38. The van der Waals surface area contributed by atoms with Gasteiger partial charge in [-0.25, -0.2) is 0 Å².